The van der Waals surface area contributed by atoms with E-state index in [2.05, 4.69) is 6.92 Å². The molecule has 0 fully saturated rings. The highest BCUT2D eigenvalue weighted by molar-refractivity contribution is 6.37. The second-order valence-corrected chi connectivity index (χ2v) is 4.78. The van der Waals surface area contributed by atoms with E-state index in [1.807, 2.05) is 13.8 Å². The van der Waals surface area contributed by atoms with Gasteiger partial charge < -0.3 is 0 Å². The van der Waals surface area contributed by atoms with Gasteiger partial charge in [-0.3, -0.25) is 19.2 Å². The molecule has 0 heterocycles. The summed E-state index contributed by atoms with van der Waals surface area (Å²) >= 11 is 0. The van der Waals surface area contributed by atoms with E-state index in [4.69, 9.17) is 0 Å². The van der Waals surface area contributed by atoms with Gasteiger partial charge in [0, 0.05) is 26.2 Å². The molecule has 0 rings (SSSR count). The number of carbonyl (C=O) groups is 4. The van der Waals surface area contributed by atoms with Crippen LogP contribution in [0.1, 0.15) is 79.1 Å². The quantitative estimate of drug-likeness (QED) is 0.455. The van der Waals surface area contributed by atoms with Gasteiger partial charge in [-0.25, -0.2) is 0 Å². The molecule has 0 aromatic rings. The molecule has 0 unspecified atom stereocenters. The lowest BCUT2D eigenvalue weighted by atomic mass is 10.1. The van der Waals surface area contributed by atoms with Gasteiger partial charge in [-0.2, -0.15) is 0 Å². The molecule has 0 radical (unpaired) electrons. The van der Waals surface area contributed by atoms with Crippen LogP contribution < -0.4 is 0 Å². The molecule has 0 saturated carbocycles. The van der Waals surface area contributed by atoms with Gasteiger partial charge in [0.2, 0.25) is 0 Å². The SMILES string of the molecule is CCCC(=O)C(=O)CCC.CCCCCC(=O)C(C)=O. The summed E-state index contributed by atoms with van der Waals surface area (Å²) in [6.45, 7) is 7.20. The van der Waals surface area contributed by atoms with Crippen LogP contribution in [-0.4, -0.2) is 23.1 Å². The number of carbonyl (C=O) groups excluding carboxylic acids is 4. The normalized spacial score (nSPS) is 9.40. The molecule has 0 aliphatic heterocycles. The molecule has 0 saturated heterocycles. The van der Waals surface area contributed by atoms with Gasteiger partial charge in [-0.15, -0.1) is 0 Å². The fourth-order valence-electron chi connectivity index (χ4n) is 1.44. The fraction of sp³-hybridized carbons (Fsp3) is 0.750. The fourth-order valence-corrected chi connectivity index (χ4v) is 1.44. The smallest absolute Gasteiger partial charge is 0.198 e. The molecule has 0 atom stereocenters. The number of hydrogen-bond acceptors (Lipinski definition) is 4. The number of rotatable bonds is 10. The Morgan fingerprint density at radius 2 is 1.05 bits per heavy atom. The molecule has 116 valence electrons. The Balaban J connectivity index is 0. The van der Waals surface area contributed by atoms with Crippen LogP contribution in [-0.2, 0) is 19.2 Å². The monoisotopic (exact) mass is 284 g/mol. The summed E-state index contributed by atoms with van der Waals surface area (Å²) in [6, 6.07) is 0. The lowest BCUT2D eigenvalue weighted by Crippen LogP contribution is -2.12. The maximum atomic E-state index is 10.8. The summed E-state index contributed by atoms with van der Waals surface area (Å²) in [4.78, 5) is 42.6. The molecule has 0 N–H and O–H groups in total. The van der Waals surface area contributed by atoms with Crippen molar-refractivity contribution < 1.29 is 19.2 Å². The summed E-state index contributed by atoms with van der Waals surface area (Å²) in [5, 5.41) is 0. The zero-order chi connectivity index (χ0) is 16.0. The van der Waals surface area contributed by atoms with E-state index in [0.29, 0.717) is 19.3 Å². The largest absolute Gasteiger partial charge is 0.291 e. The molecule has 0 aliphatic rings. The van der Waals surface area contributed by atoms with Gasteiger partial charge in [0.25, 0.3) is 0 Å². The lowest BCUT2D eigenvalue weighted by molar-refractivity contribution is -0.136. The van der Waals surface area contributed by atoms with Gasteiger partial charge in [0.15, 0.2) is 23.1 Å². The first-order valence-corrected chi connectivity index (χ1v) is 7.50. The molecule has 20 heavy (non-hydrogen) atoms. The Kier molecular flexibility index (Phi) is 14.8. The van der Waals surface area contributed by atoms with Crippen LogP contribution >= 0.6 is 0 Å². The molecular formula is C16H28O4. The van der Waals surface area contributed by atoms with Crippen LogP contribution in [0.15, 0.2) is 0 Å². The zero-order valence-electron chi connectivity index (χ0n) is 13.3. The van der Waals surface area contributed by atoms with Gasteiger partial charge in [-0.05, 0) is 19.3 Å². The second-order valence-electron chi connectivity index (χ2n) is 4.78. The second kappa shape index (κ2) is 14.1. The highest BCUT2D eigenvalue weighted by Gasteiger charge is 2.09. The molecule has 0 spiro atoms. The Morgan fingerprint density at radius 1 is 0.600 bits per heavy atom. The third-order valence-electron chi connectivity index (χ3n) is 2.67. The third kappa shape index (κ3) is 13.1. The van der Waals surface area contributed by atoms with Crippen molar-refractivity contribution in [2.45, 2.75) is 79.1 Å². The minimum atomic E-state index is -0.309. The maximum absolute atomic E-state index is 10.8. The van der Waals surface area contributed by atoms with Crippen molar-refractivity contribution in [3.8, 4) is 0 Å². The van der Waals surface area contributed by atoms with Crippen molar-refractivity contribution in [1.82, 2.24) is 0 Å². The van der Waals surface area contributed by atoms with Gasteiger partial charge >= 0.3 is 0 Å². The van der Waals surface area contributed by atoms with E-state index >= 15 is 0 Å². The summed E-state index contributed by atoms with van der Waals surface area (Å²) in [5.41, 5.74) is 0. The van der Waals surface area contributed by atoms with Gasteiger partial charge in [0.05, 0.1) is 0 Å². The van der Waals surface area contributed by atoms with E-state index < -0.39 is 0 Å². The zero-order valence-corrected chi connectivity index (χ0v) is 13.3. The summed E-state index contributed by atoms with van der Waals surface area (Å²) < 4.78 is 0. The summed E-state index contributed by atoms with van der Waals surface area (Å²) in [5.74, 6) is -0.946. The molecule has 0 aromatic carbocycles. The summed E-state index contributed by atoms with van der Waals surface area (Å²) in [6.07, 6.45) is 5.79. The van der Waals surface area contributed by atoms with Crippen LogP contribution in [0, 0.1) is 0 Å². The first kappa shape index (κ1) is 21.0. The first-order chi connectivity index (χ1) is 9.40. The van der Waals surface area contributed by atoms with E-state index in [1.165, 1.54) is 6.92 Å². The number of Topliss-reactive ketones (excluding diaryl/α,β-unsaturated/α-hetero) is 4. The molecular weight excluding hydrogens is 256 g/mol. The summed E-state index contributed by atoms with van der Waals surface area (Å²) in [7, 11) is 0. The minimum Gasteiger partial charge on any atom is -0.291 e. The highest BCUT2D eigenvalue weighted by atomic mass is 16.2. The average Bonchev–Trinajstić information content (AvgIpc) is 2.40. The van der Waals surface area contributed by atoms with Crippen LogP contribution in [0.2, 0.25) is 0 Å². The first-order valence-electron chi connectivity index (χ1n) is 7.50. The number of hydrogen-bond donors (Lipinski definition) is 0. The minimum absolute atomic E-state index is 0.204. The van der Waals surface area contributed by atoms with Crippen molar-refractivity contribution in [3.63, 3.8) is 0 Å². The van der Waals surface area contributed by atoms with Crippen LogP contribution in [0.3, 0.4) is 0 Å². The highest BCUT2D eigenvalue weighted by Crippen LogP contribution is 1.99. The van der Waals surface area contributed by atoms with E-state index in [-0.39, 0.29) is 23.1 Å². The standard InChI is InChI=1S/2C8H14O2/c1-3-4-5-6-8(10)7(2)9;1-3-5-7(9)8(10)6-4-2/h2*3-6H2,1-2H3. The third-order valence-corrected chi connectivity index (χ3v) is 2.67. The average molecular weight is 284 g/mol. The predicted molar refractivity (Wildman–Crippen MR) is 79.7 cm³/mol. The Hall–Kier alpha value is -1.32. The molecule has 0 bridgehead atoms. The van der Waals surface area contributed by atoms with Crippen LogP contribution in [0.25, 0.3) is 0 Å². The van der Waals surface area contributed by atoms with Gasteiger partial charge in [0.1, 0.15) is 0 Å². The molecule has 0 aromatic heterocycles. The number of ketones is 4. The molecule has 0 amide bonds. The lowest BCUT2D eigenvalue weighted by Gasteiger charge is -1.93. The number of unbranched alkanes of at least 4 members (excludes halogenated alkanes) is 2. The van der Waals surface area contributed by atoms with Crippen LogP contribution in [0.4, 0.5) is 0 Å². The predicted octanol–water partition coefficient (Wildman–Crippen LogP) is 3.45. The molecule has 0 aliphatic carbocycles. The Morgan fingerprint density at radius 3 is 1.35 bits per heavy atom. The van der Waals surface area contributed by atoms with Gasteiger partial charge in [-0.1, -0.05) is 33.6 Å². The van der Waals surface area contributed by atoms with E-state index in [9.17, 15) is 19.2 Å². The van der Waals surface area contributed by atoms with Crippen LogP contribution in [0.5, 0.6) is 0 Å². The van der Waals surface area contributed by atoms with Crippen molar-refractivity contribution >= 4 is 23.1 Å². The van der Waals surface area contributed by atoms with Crippen molar-refractivity contribution in [2.24, 2.45) is 0 Å². The van der Waals surface area contributed by atoms with E-state index in [1.54, 1.807) is 0 Å². The van der Waals surface area contributed by atoms with Crippen molar-refractivity contribution in [2.75, 3.05) is 0 Å². The van der Waals surface area contributed by atoms with Crippen molar-refractivity contribution in [1.29, 1.82) is 0 Å². The Labute approximate surface area is 122 Å². The molecule has 4 nitrogen and oxygen atoms in total. The van der Waals surface area contributed by atoms with E-state index in [0.717, 1.165) is 32.1 Å². The Bertz CT molecular complexity index is 302. The maximum Gasteiger partial charge on any atom is 0.198 e. The topological polar surface area (TPSA) is 68.3 Å². The van der Waals surface area contributed by atoms with Crippen molar-refractivity contribution in [3.05, 3.63) is 0 Å². The molecule has 4 heteroatoms.